The van der Waals surface area contributed by atoms with Gasteiger partial charge in [-0.15, -0.1) is 0 Å². The molecule has 12 heavy (non-hydrogen) atoms. The fraction of sp³-hybridized carbons (Fsp3) is 0.222. The smallest absolute Gasteiger partial charge is 0.196 e. The minimum atomic E-state index is 0.151. The van der Waals surface area contributed by atoms with Crippen LogP contribution in [-0.4, -0.2) is 10.9 Å². The Morgan fingerprint density at radius 1 is 1.42 bits per heavy atom. The van der Waals surface area contributed by atoms with Gasteiger partial charge in [-0.25, -0.2) is 0 Å². The van der Waals surface area contributed by atoms with Gasteiger partial charge in [0, 0.05) is 6.42 Å². The van der Waals surface area contributed by atoms with Crippen LogP contribution in [0.2, 0.25) is 0 Å². The maximum absolute atomic E-state index is 10.7. The summed E-state index contributed by atoms with van der Waals surface area (Å²) in [6.07, 6.45) is 0.491. The SMILES string of the molecule is COc1ccc(CC(=O)I)cc1. The molecule has 0 N–H and O–H groups in total. The van der Waals surface area contributed by atoms with E-state index >= 15 is 0 Å². The van der Waals surface area contributed by atoms with E-state index in [4.69, 9.17) is 4.74 Å². The predicted octanol–water partition coefficient (Wildman–Crippen LogP) is 2.20. The van der Waals surface area contributed by atoms with Gasteiger partial charge in [-0.1, -0.05) is 12.1 Å². The van der Waals surface area contributed by atoms with Crippen LogP contribution in [0.15, 0.2) is 24.3 Å². The van der Waals surface area contributed by atoms with Crippen molar-refractivity contribution in [3.05, 3.63) is 29.8 Å². The first-order valence-electron chi connectivity index (χ1n) is 3.53. The average Bonchev–Trinajstić information content (AvgIpc) is 2.05. The van der Waals surface area contributed by atoms with Crippen molar-refractivity contribution >= 4 is 26.4 Å². The van der Waals surface area contributed by atoms with Gasteiger partial charge in [-0.2, -0.15) is 0 Å². The summed E-state index contributed by atoms with van der Waals surface area (Å²) in [6.45, 7) is 0. The molecular weight excluding hydrogens is 267 g/mol. The lowest BCUT2D eigenvalue weighted by atomic mass is 10.2. The second-order valence-electron chi connectivity index (χ2n) is 2.38. The number of rotatable bonds is 3. The van der Waals surface area contributed by atoms with Crippen LogP contribution in [0.1, 0.15) is 5.56 Å². The van der Waals surface area contributed by atoms with Crippen LogP contribution in [-0.2, 0) is 11.2 Å². The van der Waals surface area contributed by atoms with E-state index in [1.165, 1.54) is 0 Å². The summed E-state index contributed by atoms with van der Waals surface area (Å²) in [5.41, 5.74) is 1.02. The number of carbonyl (C=O) groups excluding carboxylic acids is 1. The summed E-state index contributed by atoms with van der Waals surface area (Å²) in [4.78, 5) is 10.7. The van der Waals surface area contributed by atoms with Crippen molar-refractivity contribution in [1.29, 1.82) is 0 Å². The Bertz CT molecular complexity index is 266. The first kappa shape index (κ1) is 9.51. The lowest BCUT2D eigenvalue weighted by molar-refractivity contribution is -0.108. The zero-order chi connectivity index (χ0) is 8.97. The topological polar surface area (TPSA) is 26.3 Å². The van der Waals surface area contributed by atoms with E-state index in [1.807, 2.05) is 24.3 Å². The van der Waals surface area contributed by atoms with E-state index in [0.29, 0.717) is 6.42 Å². The van der Waals surface area contributed by atoms with Gasteiger partial charge < -0.3 is 4.74 Å². The van der Waals surface area contributed by atoms with Crippen LogP contribution in [0.3, 0.4) is 0 Å². The molecule has 0 atom stereocenters. The molecule has 1 aromatic rings. The van der Waals surface area contributed by atoms with Gasteiger partial charge in [0.25, 0.3) is 0 Å². The van der Waals surface area contributed by atoms with Crippen molar-refractivity contribution in [2.45, 2.75) is 6.42 Å². The molecule has 0 saturated heterocycles. The van der Waals surface area contributed by atoms with E-state index in [0.717, 1.165) is 11.3 Å². The summed E-state index contributed by atoms with van der Waals surface area (Å²) < 4.78 is 5.14. The number of halogens is 1. The molecule has 3 heteroatoms. The van der Waals surface area contributed by atoms with E-state index < -0.39 is 0 Å². The van der Waals surface area contributed by atoms with E-state index in [-0.39, 0.29) is 3.79 Å². The summed E-state index contributed by atoms with van der Waals surface area (Å²) >= 11 is 1.79. The molecule has 0 aliphatic heterocycles. The van der Waals surface area contributed by atoms with Crippen LogP contribution in [0, 0.1) is 0 Å². The van der Waals surface area contributed by atoms with Crippen molar-refractivity contribution in [2.75, 3.05) is 7.11 Å². The van der Waals surface area contributed by atoms with Crippen LogP contribution >= 0.6 is 22.6 Å². The molecule has 1 aromatic carbocycles. The third-order valence-electron chi connectivity index (χ3n) is 1.50. The first-order chi connectivity index (χ1) is 5.72. The maximum atomic E-state index is 10.7. The van der Waals surface area contributed by atoms with Crippen molar-refractivity contribution in [2.24, 2.45) is 0 Å². The summed E-state index contributed by atoms with van der Waals surface area (Å²) in [5.74, 6) is 0.819. The summed E-state index contributed by atoms with van der Waals surface area (Å²) in [6, 6.07) is 7.51. The van der Waals surface area contributed by atoms with Crippen LogP contribution in [0.25, 0.3) is 0 Å². The van der Waals surface area contributed by atoms with Crippen molar-refractivity contribution in [3.63, 3.8) is 0 Å². The second kappa shape index (κ2) is 4.45. The van der Waals surface area contributed by atoms with Crippen molar-refractivity contribution in [1.82, 2.24) is 0 Å². The number of hydrogen-bond acceptors (Lipinski definition) is 2. The number of ether oxygens (including phenoxy) is 1. The Labute approximate surface area is 85.1 Å². The maximum Gasteiger partial charge on any atom is 0.196 e. The molecule has 0 unspecified atom stereocenters. The van der Waals surface area contributed by atoms with Gasteiger partial charge >= 0.3 is 0 Å². The number of benzene rings is 1. The number of methoxy groups -OCH3 is 1. The largest absolute Gasteiger partial charge is 0.497 e. The Kier molecular flexibility index (Phi) is 3.52. The molecule has 1 rings (SSSR count). The molecule has 64 valence electrons. The second-order valence-corrected chi connectivity index (χ2v) is 3.58. The highest BCUT2D eigenvalue weighted by Gasteiger charge is 1.98. The molecule has 0 aliphatic carbocycles. The van der Waals surface area contributed by atoms with Gasteiger partial charge in [-0.05, 0) is 40.3 Å². The monoisotopic (exact) mass is 276 g/mol. The standard InChI is InChI=1S/C9H9IO2/c1-12-8-4-2-7(3-5-8)6-9(10)11/h2-5H,6H2,1H3. The summed E-state index contributed by atoms with van der Waals surface area (Å²) in [5, 5.41) is 0. The van der Waals surface area contributed by atoms with Gasteiger partial charge in [0.2, 0.25) is 0 Å². The molecule has 0 fully saturated rings. The zero-order valence-electron chi connectivity index (χ0n) is 6.71. The summed E-state index contributed by atoms with van der Waals surface area (Å²) in [7, 11) is 1.62. The fourth-order valence-corrected chi connectivity index (χ4v) is 1.34. The molecule has 0 aromatic heterocycles. The molecule has 2 nitrogen and oxygen atoms in total. The van der Waals surface area contributed by atoms with Crippen LogP contribution in [0.5, 0.6) is 5.75 Å². The van der Waals surface area contributed by atoms with Crippen LogP contribution in [0.4, 0.5) is 0 Å². The van der Waals surface area contributed by atoms with Gasteiger partial charge in [-0.3, -0.25) is 4.79 Å². The first-order valence-corrected chi connectivity index (χ1v) is 4.61. The van der Waals surface area contributed by atoms with E-state index in [1.54, 1.807) is 29.7 Å². The molecule has 0 heterocycles. The fourth-order valence-electron chi connectivity index (χ4n) is 0.904. The molecule has 0 bridgehead atoms. The minimum absolute atomic E-state index is 0.151. The molecule has 0 aliphatic rings. The zero-order valence-corrected chi connectivity index (χ0v) is 8.87. The highest BCUT2D eigenvalue weighted by Crippen LogP contribution is 2.12. The van der Waals surface area contributed by atoms with Crippen molar-refractivity contribution < 1.29 is 9.53 Å². The lowest BCUT2D eigenvalue weighted by Gasteiger charge is -2.00. The Balaban J connectivity index is 2.71. The van der Waals surface area contributed by atoms with Gasteiger partial charge in [0.15, 0.2) is 3.79 Å². The van der Waals surface area contributed by atoms with E-state index in [9.17, 15) is 4.79 Å². The highest BCUT2D eigenvalue weighted by atomic mass is 127. The molecule has 0 amide bonds. The third-order valence-corrected chi connectivity index (χ3v) is 1.88. The van der Waals surface area contributed by atoms with E-state index in [2.05, 4.69) is 0 Å². The normalized spacial score (nSPS) is 9.50. The average molecular weight is 276 g/mol. The van der Waals surface area contributed by atoms with Crippen LogP contribution < -0.4 is 4.74 Å². The Morgan fingerprint density at radius 3 is 2.42 bits per heavy atom. The van der Waals surface area contributed by atoms with Gasteiger partial charge in [0.1, 0.15) is 5.75 Å². The Morgan fingerprint density at radius 2 is 2.00 bits per heavy atom. The molecular formula is C9H9IO2. The molecule has 0 spiro atoms. The lowest BCUT2D eigenvalue weighted by Crippen LogP contribution is -1.92. The third kappa shape index (κ3) is 2.81. The number of carbonyl (C=O) groups is 1. The van der Waals surface area contributed by atoms with Gasteiger partial charge in [0.05, 0.1) is 7.11 Å². The minimum Gasteiger partial charge on any atom is -0.497 e. The quantitative estimate of drug-likeness (QED) is 0.625. The molecule has 0 saturated carbocycles. The number of hydrogen-bond donors (Lipinski definition) is 0. The Hall–Kier alpha value is -0.580. The predicted molar refractivity (Wildman–Crippen MR) is 55.7 cm³/mol. The van der Waals surface area contributed by atoms with Crippen molar-refractivity contribution in [3.8, 4) is 5.75 Å². The highest BCUT2D eigenvalue weighted by molar-refractivity contribution is 14.1. The molecule has 0 radical (unpaired) electrons.